The van der Waals surface area contributed by atoms with Gasteiger partial charge in [0.05, 0.1) is 14.2 Å². The predicted molar refractivity (Wildman–Crippen MR) is 77.9 cm³/mol. The van der Waals surface area contributed by atoms with Crippen LogP contribution in [0.5, 0.6) is 11.5 Å². The van der Waals surface area contributed by atoms with Crippen LogP contribution in [0.25, 0.3) is 0 Å². The van der Waals surface area contributed by atoms with Crippen LogP contribution in [-0.4, -0.2) is 20.1 Å². The summed E-state index contributed by atoms with van der Waals surface area (Å²) < 4.78 is 10.3. The van der Waals surface area contributed by atoms with Crippen LogP contribution in [0.2, 0.25) is 0 Å². The van der Waals surface area contributed by atoms with Crippen molar-refractivity contribution in [3.63, 3.8) is 0 Å². The lowest BCUT2D eigenvalue weighted by Crippen LogP contribution is -2.55. The number of ether oxygens (including phenoxy) is 2. The van der Waals surface area contributed by atoms with E-state index in [1.165, 1.54) is 26.4 Å². The molecule has 0 aliphatic rings. The quantitative estimate of drug-likeness (QED) is 0.872. The van der Waals surface area contributed by atoms with Gasteiger partial charge in [0.15, 0.2) is 0 Å². The maximum atomic E-state index is 12.1. The van der Waals surface area contributed by atoms with E-state index >= 15 is 0 Å². The number of hydrogen-bond acceptors (Lipinski definition) is 4. The number of rotatable bonds is 5. The van der Waals surface area contributed by atoms with Gasteiger partial charge in [-0.2, -0.15) is 0 Å². The van der Waals surface area contributed by atoms with Crippen LogP contribution in [0.1, 0.15) is 10.4 Å². The summed E-state index contributed by atoms with van der Waals surface area (Å²) in [4.78, 5) is 22.6. The van der Waals surface area contributed by atoms with Crippen LogP contribution in [-0.2, 0) is 0 Å². The molecule has 2 N–H and O–H groups in total. The SMILES string of the molecule is COc1cc(NC(=O)c2ccc([NH+]=O)cc2)cc(OC)c1. The first-order valence-corrected chi connectivity index (χ1v) is 6.19. The molecule has 0 atom stereocenters. The second-order valence-corrected chi connectivity index (χ2v) is 4.23. The molecule has 2 aromatic rings. The fraction of sp³-hybridized carbons (Fsp3) is 0.133. The van der Waals surface area contributed by atoms with Crippen LogP contribution in [0.3, 0.4) is 0 Å². The molecule has 6 heteroatoms. The number of methoxy groups -OCH3 is 2. The third-order valence-electron chi connectivity index (χ3n) is 2.87. The summed E-state index contributed by atoms with van der Waals surface area (Å²) in [6.07, 6.45) is 0. The second kappa shape index (κ2) is 6.51. The van der Waals surface area contributed by atoms with Crippen LogP contribution < -0.4 is 20.0 Å². The van der Waals surface area contributed by atoms with Crippen molar-refractivity contribution in [1.29, 1.82) is 0 Å². The summed E-state index contributed by atoms with van der Waals surface area (Å²) in [5.74, 6) is 0.869. The first kappa shape index (κ1) is 14.5. The van der Waals surface area contributed by atoms with Crippen molar-refractivity contribution in [2.45, 2.75) is 0 Å². The van der Waals surface area contributed by atoms with Crippen molar-refractivity contribution < 1.29 is 19.4 Å². The van der Waals surface area contributed by atoms with Gasteiger partial charge in [0.25, 0.3) is 11.6 Å². The minimum atomic E-state index is -0.289. The van der Waals surface area contributed by atoms with Crippen LogP contribution in [0.15, 0.2) is 42.5 Å². The van der Waals surface area contributed by atoms with E-state index in [9.17, 15) is 9.70 Å². The van der Waals surface area contributed by atoms with Gasteiger partial charge in [-0.25, -0.2) is 0 Å². The molecule has 2 aromatic carbocycles. The highest BCUT2D eigenvalue weighted by atomic mass is 16.5. The Morgan fingerprint density at radius 3 is 2.05 bits per heavy atom. The van der Waals surface area contributed by atoms with E-state index in [1.807, 2.05) is 0 Å². The number of hydrogen-bond donors (Lipinski definition) is 2. The number of amides is 1. The van der Waals surface area contributed by atoms with Gasteiger partial charge in [-0.1, -0.05) is 0 Å². The number of benzene rings is 2. The molecule has 108 valence electrons. The lowest BCUT2D eigenvalue weighted by Gasteiger charge is -2.09. The highest BCUT2D eigenvalue weighted by Gasteiger charge is 2.09. The second-order valence-electron chi connectivity index (χ2n) is 4.23. The Morgan fingerprint density at radius 2 is 1.57 bits per heavy atom. The van der Waals surface area contributed by atoms with Crippen LogP contribution in [0, 0.1) is 4.91 Å². The van der Waals surface area contributed by atoms with Crippen LogP contribution in [0.4, 0.5) is 11.4 Å². The van der Waals surface area contributed by atoms with Crippen molar-refractivity contribution >= 4 is 17.3 Å². The number of anilines is 1. The summed E-state index contributed by atoms with van der Waals surface area (Å²) in [6.45, 7) is 0. The van der Waals surface area contributed by atoms with Crippen molar-refractivity contribution in [3.05, 3.63) is 52.9 Å². The summed E-state index contributed by atoms with van der Waals surface area (Å²) in [5, 5.41) is 4.51. The average molecular weight is 287 g/mol. The van der Waals surface area contributed by atoms with E-state index in [1.54, 1.807) is 35.5 Å². The zero-order chi connectivity index (χ0) is 15.2. The minimum Gasteiger partial charge on any atom is -0.497 e. The number of carbonyl (C=O) groups is 1. The molecule has 0 fully saturated rings. The summed E-state index contributed by atoms with van der Waals surface area (Å²) in [5.41, 5.74) is 1.40. The Kier molecular flexibility index (Phi) is 4.50. The standard InChI is InChI=1S/C15H14N2O4/c1-20-13-7-12(8-14(9-13)21-2)16-15(18)10-3-5-11(17-19)6-4-10/h3-9H,1-2H3,(H,16,18)/p+1. The molecular weight excluding hydrogens is 272 g/mol. The zero-order valence-electron chi connectivity index (χ0n) is 11.7. The minimum absolute atomic E-state index is 0.289. The normalized spacial score (nSPS) is 9.81. The Labute approximate surface area is 121 Å². The zero-order valence-corrected chi connectivity index (χ0v) is 11.7. The summed E-state index contributed by atoms with van der Waals surface area (Å²) >= 11 is 0. The monoisotopic (exact) mass is 287 g/mol. The number of nitroso groups, excluding NO2 is 1. The summed E-state index contributed by atoms with van der Waals surface area (Å²) in [6, 6.07) is 11.3. The predicted octanol–water partition coefficient (Wildman–Crippen LogP) is 1.43. The first-order chi connectivity index (χ1) is 10.2. The van der Waals surface area contributed by atoms with Gasteiger partial charge in [0.1, 0.15) is 11.5 Å². The van der Waals surface area contributed by atoms with Crippen molar-refractivity contribution in [2.75, 3.05) is 19.5 Å². The van der Waals surface area contributed by atoms with Crippen molar-refractivity contribution in [2.24, 2.45) is 0 Å². The van der Waals surface area contributed by atoms with Gasteiger partial charge in [-0.05, 0) is 12.1 Å². The van der Waals surface area contributed by atoms with Gasteiger partial charge in [0, 0.05) is 51.7 Å². The Hall–Kier alpha value is -2.89. The van der Waals surface area contributed by atoms with Gasteiger partial charge in [0.2, 0.25) is 0 Å². The molecule has 6 nitrogen and oxygen atoms in total. The molecule has 0 saturated heterocycles. The number of carbonyl (C=O) groups excluding carboxylic acids is 1. The van der Waals surface area contributed by atoms with Crippen molar-refractivity contribution in [1.82, 2.24) is 0 Å². The summed E-state index contributed by atoms with van der Waals surface area (Å²) in [7, 11) is 3.07. The molecule has 0 unspecified atom stereocenters. The van der Waals surface area contributed by atoms with Gasteiger partial charge < -0.3 is 14.8 Å². The molecule has 0 bridgehead atoms. The largest absolute Gasteiger partial charge is 0.497 e. The molecule has 0 spiro atoms. The van der Waals surface area contributed by atoms with Crippen molar-refractivity contribution in [3.8, 4) is 11.5 Å². The first-order valence-electron chi connectivity index (χ1n) is 6.19. The lowest BCUT2D eigenvalue weighted by molar-refractivity contribution is -0.379. The maximum absolute atomic E-state index is 12.1. The molecule has 21 heavy (non-hydrogen) atoms. The fourth-order valence-corrected chi connectivity index (χ4v) is 1.77. The van der Waals surface area contributed by atoms with Crippen LogP contribution >= 0.6 is 0 Å². The fourth-order valence-electron chi connectivity index (χ4n) is 1.77. The molecule has 1 amide bonds. The Bertz CT molecular complexity index is 631. The molecule has 0 aliphatic heterocycles. The Balaban J connectivity index is 2.19. The molecule has 2 rings (SSSR count). The lowest BCUT2D eigenvalue weighted by atomic mass is 10.2. The third-order valence-corrected chi connectivity index (χ3v) is 2.87. The van der Waals surface area contributed by atoms with E-state index < -0.39 is 0 Å². The van der Waals surface area contributed by atoms with E-state index in [2.05, 4.69) is 5.32 Å². The Morgan fingerprint density at radius 1 is 1.00 bits per heavy atom. The van der Waals surface area contributed by atoms with E-state index in [4.69, 9.17) is 9.47 Å². The number of nitrogens with one attached hydrogen (secondary N) is 2. The topological polar surface area (TPSA) is 78.6 Å². The van der Waals surface area contributed by atoms with E-state index in [-0.39, 0.29) is 5.91 Å². The van der Waals surface area contributed by atoms with E-state index in [0.29, 0.717) is 28.4 Å². The van der Waals surface area contributed by atoms with E-state index in [0.717, 1.165) is 0 Å². The molecule has 0 aliphatic carbocycles. The smallest absolute Gasteiger partial charge is 0.255 e. The molecule has 0 heterocycles. The highest BCUT2D eigenvalue weighted by molar-refractivity contribution is 6.04. The average Bonchev–Trinajstić information content (AvgIpc) is 2.54. The molecule has 0 saturated carbocycles. The maximum Gasteiger partial charge on any atom is 0.255 e. The third kappa shape index (κ3) is 3.56. The van der Waals surface area contributed by atoms with Gasteiger partial charge >= 0.3 is 0 Å². The molecular formula is C15H15N2O4+. The molecule has 0 radical (unpaired) electrons. The highest BCUT2D eigenvalue weighted by Crippen LogP contribution is 2.26. The van der Waals surface area contributed by atoms with Gasteiger partial charge in [-0.3, -0.25) is 4.79 Å². The van der Waals surface area contributed by atoms with Gasteiger partial charge in [-0.15, -0.1) is 0 Å². The molecule has 0 aromatic heterocycles.